The predicted octanol–water partition coefficient (Wildman–Crippen LogP) is 3.39. The first-order chi connectivity index (χ1) is 7.74. The average Bonchev–Trinajstić information content (AvgIpc) is 2.64. The van der Waals surface area contributed by atoms with Crippen LogP contribution in [0, 0.1) is 0 Å². The van der Waals surface area contributed by atoms with Gasteiger partial charge in [0, 0.05) is 10.9 Å². The third-order valence-electron chi connectivity index (χ3n) is 2.28. The summed E-state index contributed by atoms with van der Waals surface area (Å²) < 4.78 is 5.03. The number of carbonyl (C=O) groups excluding carboxylic acids is 1. The number of esters is 1. The fraction of sp³-hybridized carbons (Fsp3) is 0.250. The highest BCUT2D eigenvalue weighted by atomic mass is 35.5. The van der Waals surface area contributed by atoms with Gasteiger partial charge < -0.3 is 9.72 Å². The van der Waals surface area contributed by atoms with Crippen LogP contribution in [0.5, 0.6) is 0 Å². The van der Waals surface area contributed by atoms with Gasteiger partial charge in [-0.15, -0.1) is 0 Å². The Bertz CT molecular complexity index is 519. The van der Waals surface area contributed by atoms with Crippen LogP contribution in [0.3, 0.4) is 0 Å². The van der Waals surface area contributed by atoms with E-state index in [2.05, 4.69) is 4.98 Å². The zero-order valence-electron chi connectivity index (χ0n) is 8.92. The quantitative estimate of drug-likeness (QED) is 0.832. The first-order valence-corrected chi connectivity index (χ1v) is 5.55. The summed E-state index contributed by atoms with van der Waals surface area (Å²) in [6.07, 6.45) is 0.795. The molecule has 0 aliphatic heterocycles. The molecule has 0 amide bonds. The summed E-state index contributed by atoms with van der Waals surface area (Å²) >= 11 is 6.10. The van der Waals surface area contributed by atoms with E-state index in [9.17, 15) is 4.79 Å². The molecule has 2 rings (SSSR count). The minimum atomic E-state index is -0.400. The van der Waals surface area contributed by atoms with Crippen LogP contribution >= 0.6 is 11.6 Å². The van der Waals surface area contributed by atoms with Crippen LogP contribution in [0.25, 0.3) is 10.9 Å². The van der Waals surface area contributed by atoms with Gasteiger partial charge in [-0.25, -0.2) is 4.79 Å². The molecular formula is C12H12ClNO2. The Labute approximate surface area is 98.4 Å². The third kappa shape index (κ3) is 1.91. The number of rotatable bonds is 3. The molecule has 1 N–H and O–H groups in total. The molecule has 0 bridgehead atoms. The van der Waals surface area contributed by atoms with Gasteiger partial charge in [0.25, 0.3) is 0 Å². The van der Waals surface area contributed by atoms with E-state index < -0.39 is 5.97 Å². The number of halogens is 1. The number of para-hydroxylation sites is 1. The molecule has 0 unspecified atom stereocenters. The molecule has 0 spiro atoms. The Morgan fingerprint density at radius 3 is 2.88 bits per heavy atom. The first kappa shape index (κ1) is 11.0. The Balaban J connectivity index is 2.37. The summed E-state index contributed by atoms with van der Waals surface area (Å²) in [4.78, 5) is 14.6. The summed E-state index contributed by atoms with van der Waals surface area (Å²) in [5, 5.41) is 1.27. The van der Waals surface area contributed by atoms with E-state index in [-0.39, 0.29) is 0 Å². The first-order valence-electron chi connectivity index (χ1n) is 5.17. The van der Waals surface area contributed by atoms with Crippen LogP contribution in [0.1, 0.15) is 23.8 Å². The van der Waals surface area contributed by atoms with Gasteiger partial charge in [-0.05, 0) is 12.5 Å². The van der Waals surface area contributed by atoms with Crippen molar-refractivity contribution in [3.63, 3.8) is 0 Å². The number of benzene rings is 1. The van der Waals surface area contributed by atoms with E-state index in [4.69, 9.17) is 16.3 Å². The minimum Gasteiger partial charge on any atom is -0.461 e. The van der Waals surface area contributed by atoms with Crippen LogP contribution in [-0.2, 0) is 4.74 Å². The number of H-pyrrole nitrogens is 1. The summed E-state index contributed by atoms with van der Waals surface area (Å²) in [6, 6.07) is 7.50. The van der Waals surface area contributed by atoms with Crippen LogP contribution in [0.4, 0.5) is 0 Å². The minimum absolute atomic E-state index is 0.330. The number of hydrogen-bond acceptors (Lipinski definition) is 2. The smallest absolute Gasteiger partial charge is 0.356 e. The van der Waals surface area contributed by atoms with Crippen molar-refractivity contribution < 1.29 is 9.53 Å². The third-order valence-corrected chi connectivity index (χ3v) is 2.68. The maximum absolute atomic E-state index is 11.7. The molecule has 0 radical (unpaired) electrons. The molecule has 1 aromatic carbocycles. The van der Waals surface area contributed by atoms with E-state index in [1.54, 1.807) is 0 Å². The standard InChI is InChI=1S/C12H12ClNO2/c1-2-7-16-12(15)11-10(13)8-5-3-4-6-9(8)14-11/h3-6,14H,2,7H2,1H3. The fourth-order valence-corrected chi connectivity index (χ4v) is 1.80. The second-order valence-corrected chi connectivity index (χ2v) is 3.87. The van der Waals surface area contributed by atoms with Gasteiger partial charge in [-0.1, -0.05) is 36.7 Å². The lowest BCUT2D eigenvalue weighted by atomic mass is 10.2. The summed E-state index contributed by atoms with van der Waals surface area (Å²) in [5.41, 5.74) is 1.17. The van der Waals surface area contributed by atoms with Gasteiger partial charge in [0.05, 0.1) is 11.6 Å². The Kier molecular flexibility index (Phi) is 3.15. The van der Waals surface area contributed by atoms with Crippen molar-refractivity contribution in [2.45, 2.75) is 13.3 Å². The molecule has 1 aromatic heterocycles. The Morgan fingerprint density at radius 2 is 2.19 bits per heavy atom. The lowest BCUT2D eigenvalue weighted by molar-refractivity contribution is 0.0499. The van der Waals surface area contributed by atoms with Crippen molar-refractivity contribution in [2.75, 3.05) is 6.61 Å². The monoisotopic (exact) mass is 237 g/mol. The lowest BCUT2D eigenvalue weighted by Crippen LogP contribution is -2.06. The highest BCUT2D eigenvalue weighted by Crippen LogP contribution is 2.27. The average molecular weight is 238 g/mol. The van der Waals surface area contributed by atoms with Crippen molar-refractivity contribution in [1.82, 2.24) is 4.98 Å². The van der Waals surface area contributed by atoms with Crippen molar-refractivity contribution in [1.29, 1.82) is 0 Å². The second-order valence-electron chi connectivity index (χ2n) is 3.50. The van der Waals surface area contributed by atoms with E-state index in [1.165, 1.54) is 0 Å². The molecular weight excluding hydrogens is 226 g/mol. The topological polar surface area (TPSA) is 42.1 Å². The van der Waals surface area contributed by atoms with E-state index >= 15 is 0 Å². The van der Waals surface area contributed by atoms with Crippen LogP contribution in [-0.4, -0.2) is 17.6 Å². The molecule has 0 atom stereocenters. The molecule has 0 aliphatic rings. The number of ether oxygens (including phenoxy) is 1. The normalized spacial score (nSPS) is 10.6. The van der Waals surface area contributed by atoms with Gasteiger partial charge in [0.1, 0.15) is 5.69 Å². The molecule has 1 heterocycles. The molecule has 0 saturated carbocycles. The van der Waals surface area contributed by atoms with Gasteiger partial charge in [-0.2, -0.15) is 0 Å². The zero-order chi connectivity index (χ0) is 11.5. The predicted molar refractivity (Wildman–Crippen MR) is 63.9 cm³/mol. The second kappa shape index (κ2) is 4.58. The van der Waals surface area contributed by atoms with Gasteiger partial charge in [0.2, 0.25) is 0 Å². The fourth-order valence-electron chi connectivity index (χ4n) is 1.52. The summed E-state index contributed by atoms with van der Waals surface area (Å²) in [7, 11) is 0. The molecule has 3 nitrogen and oxygen atoms in total. The van der Waals surface area contributed by atoms with Gasteiger partial charge in [-0.3, -0.25) is 0 Å². The highest BCUT2D eigenvalue weighted by Gasteiger charge is 2.16. The maximum atomic E-state index is 11.7. The number of nitrogens with one attached hydrogen (secondary N) is 1. The van der Waals surface area contributed by atoms with Gasteiger partial charge in [0.15, 0.2) is 0 Å². The molecule has 0 saturated heterocycles. The van der Waals surface area contributed by atoms with E-state index in [0.29, 0.717) is 17.3 Å². The van der Waals surface area contributed by atoms with Crippen molar-refractivity contribution in [3.05, 3.63) is 35.0 Å². The zero-order valence-corrected chi connectivity index (χ0v) is 9.67. The van der Waals surface area contributed by atoms with E-state index in [1.807, 2.05) is 31.2 Å². The SMILES string of the molecule is CCCOC(=O)c1[nH]c2ccccc2c1Cl. The summed E-state index contributed by atoms with van der Waals surface area (Å²) in [5.74, 6) is -0.400. The number of carbonyl (C=O) groups is 1. The number of aromatic nitrogens is 1. The maximum Gasteiger partial charge on any atom is 0.356 e. The largest absolute Gasteiger partial charge is 0.461 e. The van der Waals surface area contributed by atoms with E-state index in [0.717, 1.165) is 17.3 Å². The highest BCUT2D eigenvalue weighted by molar-refractivity contribution is 6.38. The molecule has 16 heavy (non-hydrogen) atoms. The van der Waals surface area contributed by atoms with Crippen LogP contribution < -0.4 is 0 Å². The summed E-state index contributed by atoms with van der Waals surface area (Å²) in [6.45, 7) is 2.35. The molecule has 84 valence electrons. The molecule has 0 aliphatic carbocycles. The molecule has 0 fully saturated rings. The molecule has 4 heteroatoms. The van der Waals surface area contributed by atoms with Crippen LogP contribution in [0.2, 0.25) is 5.02 Å². The number of hydrogen-bond donors (Lipinski definition) is 1. The Morgan fingerprint density at radius 1 is 1.44 bits per heavy atom. The van der Waals surface area contributed by atoms with Crippen molar-refractivity contribution in [3.8, 4) is 0 Å². The van der Waals surface area contributed by atoms with Crippen LogP contribution in [0.15, 0.2) is 24.3 Å². The Hall–Kier alpha value is -1.48. The van der Waals surface area contributed by atoms with Crippen molar-refractivity contribution >= 4 is 28.5 Å². The van der Waals surface area contributed by atoms with Crippen molar-refractivity contribution in [2.24, 2.45) is 0 Å². The van der Waals surface area contributed by atoms with Gasteiger partial charge >= 0.3 is 5.97 Å². The number of aromatic amines is 1. The lowest BCUT2D eigenvalue weighted by Gasteiger charge is -2.00. The number of fused-ring (bicyclic) bond motifs is 1. The molecule has 2 aromatic rings.